The summed E-state index contributed by atoms with van der Waals surface area (Å²) in [7, 11) is 0. The van der Waals surface area contributed by atoms with E-state index in [0.717, 1.165) is 13.0 Å². The zero-order chi connectivity index (χ0) is 17.3. The maximum absolute atomic E-state index is 4.74. The molecule has 3 heteroatoms. The summed E-state index contributed by atoms with van der Waals surface area (Å²) in [6.07, 6.45) is 16.3. The van der Waals surface area contributed by atoms with Gasteiger partial charge in [0, 0.05) is 19.4 Å². The number of rotatable bonds is 2. The molecule has 0 spiro atoms. The van der Waals surface area contributed by atoms with Gasteiger partial charge in [-0.1, -0.05) is 33.6 Å². The Labute approximate surface area is 153 Å². The van der Waals surface area contributed by atoms with Gasteiger partial charge >= 0.3 is 0 Å². The smallest absolute Gasteiger partial charge is 0.133 e. The molecular formula is C22H35N3. The van der Waals surface area contributed by atoms with Crippen molar-refractivity contribution in [3.8, 4) is 0 Å². The highest BCUT2D eigenvalue weighted by atomic mass is 15.3. The first-order chi connectivity index (χ1) is 11.8. The second kappa shape index (κ2) is 5.10. The normalized spacial score (nSPS) is 45.9. The van der Waals surface area contributed by atoms with Crippen LogP contribution in [-0.4, -0.2) is 14.8 Å². The van der Waals surface area contributed by atoms with Crippen molar-refractivity contribution >= 4 is 0 Å². The Morgan fingerprint density at radius 1 is 0.760 bits per heavy atom. The van der Waals surface area contributed by atoms with Crippen molar-refractivity contribution in [2.75, 3.05) is 0 Å². The highest BCUT2D eigenvalue weighted by Crippen LogP contribution is 2.74. The predicted molar refractivity (Wildman–Crippen MR) is 100 cm³/mol. The summed E-state index contributed by atoms with van der Waals surface area (Å²) < 4.78 is 2.52. The van der Waals surface area contributed by atoms with Gasteiger partial charge in [0.1, 0.15) is 11.6 Å². The van der Waals surface area contributed by atoms with E-state index < -0.39 is 0 Å². The Bertz CT molecular complexity index is 634. The lowest BCUT2D eigenvalue weighted by atomic mass is 9.36. The van der Waals surface area contributed by atoms with Gasteiger partial charge < -0.3 is 4.57 Å². The molecule has 5 aliphatic rings. The third-order valence-electron chi connectivity index (χ3n) is 7.94. The Hall–Kier alpha value is -0.860. The minimum absolute atomic E-state index is 0.485. The van der Waals surface area contributed by atoms with Gasteiger partial charge in [0.25, 0.3) is 0 Å². The molecule has 138 valence electrons. The molecule has 0 amide bonds. The Kier molecular flexibility index (Phi) is 3.33. The van der Waals surface area contributed by atoms with E-state index in [9.17, 15) is 0 Å². The molecule has 4 fully saturated rings. The SMILES string of the molecule is CC12CC3(C)CC(C)(C1)CC(Cc1nnc4n1CCCCCC4)(C2)C3. The van der Waals surface area contributed by atoms with E-state index >= 15 is 0 Å². The summed E-state index contributed by atoms with van der Waals surface area (Å²) in [4.78, 5) is 0. The van der Waals surface area contributed by atoms with Crippen molar-refractivity contribution in [2.45, 2.75) is 104 Å². The molecule has 0 N–H and O–H groups in total. The number of aromatic nitrogens is 3. The van der Waals surface area contributed by atoms with Gasteiger partial charge in [0.15, 0.2) is 0 Å². The van der Waals surface area contributed by atoms with Gasteiger partial charge in [-0.25, -0.2) is 0 Å². The molecule has 0 atom stereocenters. The van der Waals surface area contributed by atoms with Crippen molar-refractivity contribution in [3.05, 3.63) is 11.6 Å². The Balaban J connectivity index is 1.48. The fourth-order valence-electron chi connectivity index (χ4n) is 8.93. The first-order valence-corrected chi connectivity index (χ1v) is 10.7. The molecule has 1 aromatic heterocycles. The lowest BCUT2D eigenvalue weighted by Crippen LogP contribution is -2.59. The number of hydrogen-bond acceptors (Lipinski definition) is 2. The highest BCUT2D eigenvalue weighted by molar-refractivity contribution is 5.16. The molecule has 1 aromatic rings. The minimum Gasteiger partial charge on any atom is -0.315 e. The van der Waals surface area contributed by atoms with Crippen LogP contribution in [0, 0.1) is 21.7 Å². The fourth-order valence-corrected chi connectivity index (χ4v) is 8.93. The molecular weight excluding hydrogens is 306 g/mol. The van der Waals surface area contributed by atoms with Crippen LogP contribution in [0.1, 0.15) is 96.6 Å². The summed E-state index contributed by atoms with van der Waals surface area (Å²) in [5.41, 5.74) is 2.19. The maximum Gasteiger partial charge on any atom is 0.133 e. The quantitative estimate of drug-likeness (QED) is 0.728. The van der Waals surface area contributed by atoms with Crippen LogP contribution in [0.25, 0.3) is 0 Å². The van der Waals surface area contributed by atoms with E-state index in [1.165, 1.54) is 82.3 Å². The second-order valence-corrected chi connectivity index (χ2v) is 11.5. The van der Waals surface area contributed by atoms with E-state index in [0.29, 0.717) is 21.7 Å². The van der Waals surface area contributed by atoms with Crippen molar-refractivity contribution in [1.29, 1.82) is 0 Å². The van der Waals surface area contributed by atoms with Crippen molar-refractivity contribution in [3.63, 3.8) is 0 Å². The third kappa shape index (κ3) is 2.68. The van der Waals surface area contributed by atoms with Crippen LogP contribution in [0.4, 0.5) is 0 Å². The van der Waals surface area contributed by atoms with Crippen LogP contribution in [0.3, 0.4) is 0 Å². The molecule has 4 aliphatic carbocycles. The molecule has 4 saturated carbocycles. The summed E-state index contributed by atoms with van der Waals surface area (Å²) in [6, 6.07) is 0. The van der Waals surface area contributed by atoms with E-state index in [-0.39, 0.29) is 0 Å². The van der Waals surface area contributed by atoms with Crippen molar-refractivity contribution in [2.24, 2.45) is 21.7 Å². The average Bonchev–Trinajstić information content (AvgIpc) is 2.73. The summed E-state index contributed by atoms with van der Waals surface area (Å²) >= 11 is 0. The molecule has 0 radical (unpaired) electrons. The van der Waals surface area contributed by atoms with Crippen LogP contribution in [-0.2, 0) is 19.4 Å². The maximum atomic E-state index is 4.74. The van der Waals surface area contributed by atoms with E-state index in [1.54, 1.807) is 0 Å². The monoisotopic (exact) mass is 341 g/mol. The molecule has 1 aliphatic heterocycles. The molecule has 25 heavy (non-hydrogen) atoms. The zero-order valence-corrected chi connectivity index (χ0v) is 16.5. The molecule has 2 heterocycles. The number of fused-ring (bicyclic) bond motifs is 1. The van der Waals surface area contributed by atoms with Gasteiger partial charge in [0.05, 0.1) is 0 Å². The van der Waals surface area contributed by atoms with Gasteiger partial charge in [-0.05, 0) is 73.0 Å². The fraction of sp³-hybridized carbons (Fsp3) is 0.909. The van der Waals surface area contributed by atoms with Gasteiger partial charge in [-0.2, -0.15) is 0 Å². The lowest BCUT2D eigenvalue weighted by Gasteiger charge is -2.69. The van der Waals surface area contributed by atoms with E-state index in [2.05, 4.69) is 30.4 Å². The Morgan fingerprint density at radius 3 is 2.00 bits per heavy atom. The Morgan fingerprint density at radius 2 is 1.36 bits per heavy atom. The largest absolute Gasteiger partial charge is 0.315 e. The second-order valence-electron chi connectivity index (χ2n) is 11.5. The van der Waals surface area contributed by atoms with Crippen LogP contribution < -0.4 is 0 Å². The average molecular weight is 342 g/mol. The predicted octanol–water partition coefficient (Wildman–Crippen LogP) is 5.32. The lowest BCUT2D eigenvalue weighted by molar-refractivity contribution is -0.183. The van der Waals surface area contributed by atoms with Crippen LogP contribution in [0.15, 0.2) is 0 Å². The van der Waals surface area contributed by atoms with Gasteiger partial charge in [-0.15, -0.1) is 10.2 Å². The number of hydrogen-bond donors (Lipinski definition) is 0. The minimum atomic E-state index is 0.485. The first kappa shape index (κ1) is 16.3. The molecule has 0 aromatic carbocycles. The van der Waals surface area contributed by atoms with Gasteiger partial charge in [0.2, 0.25) is 0 Å². The summed E-state index contributed by atoms with van der Waals surface area (Å²) in [6.45, 7) is 8.91. The molecule has 0 saturated heterocycles. The van der Waals surface area contributed by atoms with Crippen molar-refractivity contribution in [1.82, 2.24) is 14.8 Å². The molecule has 0 unspecified atom stereocenters. The van der Waals surface area contributed by atoms with E-state index in [1.807, 2.05) is 0 Å². The molecule has 3 nitrogen and oxygen atoms in total. The van der Waals surface area contributed by atoms with Crippen LogP contribution >= 0.6 is 0 Å². The number of aryl methyl sites for hydroxylation is 1. The topological polar surface area (TPSA) is 30.7 Å². The highest BCUT2D eigenvalue weighted by Gasteiger charge is 2.63. The van der Waals surface area contributed by atoms with Crippen LogP contribution in [0.5, 0.6) is 0 Å². The standard InChI is InChI=1S/C22H35N3/c1-19-11-20(2)13-21(3,12-19)16-22(14-19,15-20)10-18-24-23-17-8-6-4-5-7-9-25(17)18/h4-16H2,1-3H3. The van der Waals surface area contributed by atoms with Crippen molar-refractivity contribution < 1.29 is 0 Å². The summed E-state index contributed by atoms with van der Waals surface area (Å²) in [5.74, 6) is 2.58. The van der Waals surface area contributed by atoms with Crippen LogP contribution in [0.2, 0.25) is 0 Å². The summed E-state index contributed by atoms with van der Waals surface area (Å²) in [5, 5.41) is 9.36. The van der Waals surface area contributed by atoms with E-state index in [4.69, 9.17) is 5.10 Å². The third-order valence-corrected chi connectivity index (χ3v) is 7.94. The first-order valence-electron chi connectivity index (χ1n) is 10.7. The zero-order valence-electron chi connectivity index (χ0n) is 16.5. The number of nitrogens with zero attached hydrogens (tertiary/aromatic N) is 3. The van der Waals surface area contributed by atoms with Gasteiger partial charge in [-0.3, -0.25) is 0 Å². The molecule has 6 rings (SSSR count). The molecule has 4 bridgehead atoms.